The molecule has 5 nitrogen and oxygen atoms in total. The first kappa shape index (κ1) is 19.5. The summed E-state index contributed by atoms with van der Waals surface area (Å²) in [4.78, 5) is 12.3. The summed E-state index contributed by atoms with van der Waals surface area (Å²) in [5, 5.41) is 12.9. The monoisotopic (exact) mass is 400 g/mol. The number of nitrogens with one attached hydrogen (secondary N) is 1. The molecule has 2 aromatic carbocycles. The van der Waals surface area contributed by atoms with E-state index >= 15 is 0 Å². The zero-order valence-electron chi connectivity index (χ0n) is 15.4. The van der Waals surface area contributed by atoms with Crippen LogP contribution in [0.15, 0.2) is 53.7 Å². The molecule has 1 aromatic heterocycles. The lowest BCUT2D eigenvalue weighted by molar-refractivity contribution is -0.113. The van der Waals surface area contributed by atoms with Crippen molar-refractivity contribution in [2.75, 3.05) is 11.1 Å². The minimum absolute atomic E-state index is 0.0993. The van der Waals surface area contributed by atoms with E-state index in [9.17, 15) is 4.79 Å². The average molecular weight is 401 g/mol. The number of anilines is 1. The molecular formula is C20H21ClN4OS. The van der Waals surface area contributed by atoms with Crippen LogP contribution in [-0.4, -0.2) is 26.4 Å². The Morgan fingerprint density at radius 1 is 1.19 bits per heavy atom. The third-order valence-electron chi connectivity index (χ3n) is 3.92. The van der Waals surface area contributed by atoms with Crippen molar-refractivity contribution in [1.82, 2.24) is 14.8 Å². The molecule has 7 heteroatoms. The third-order valence-corrected chi connectivity index (χ3v) is 5.11. The molecule has 0 bridgehead atoms. The molecule has 0 aliphatic rings. The summed E-state index contributed by atoms with van der Waals surface area (Å²) in [7, 11) is 0. The zero-order chi connectivity index (χ0) is 19.4. The molecule has 3 aromatic rings. The van der Waals surface area contributed by atoms with Crippen LogP contribution in [0.1, 0.15) is 25.5 Å². The van der Waals surface area contributed by atoms with Crippen molar-refractivity contribution in [1.29, 1.82) is 0 Å². The summed E-state index contributed by atoms with van der Waals surface area (Å²) in [6, 6.07) is 15.4. The largest absolute Gasteiger partial charge is 0.325 e. The lowest BCUT2D eigenvalue weighted by Crippen LogP contribution is -2.15. The molecule has 1 amide bonds. The minimum atomic E-state index is -0.0993. The van der Waals surface area contributed by atoms with Gasteiger partial charge >= 0.3 is 0 Å². The summed E-state index contributed by atoms with van der Waals surface area (Å²) >= 11 is 7.24. The van der Waals surface area contributed by atoms with Gasteiger partial charge in [-0.05, 0) is 51.1 Å². The fourth-order valence-electron chi connectivity index (χ4n) is 2.68. The Morgan fingerprint density at radius 3 is 2.59 bits per heavy atom. The molecule has 140 valence electrons. The van der Waals surface area contributed by atoms with E-state index in [-0.39, 0.29) is 17.7 Å². The average Bonchev–Trinajstić information content (AvgIpc) is 3.06. The van der Waals surface area contributed by atoms with E-state index in [4.69, 9.17) is 11.6 Å². The quantitative estimate of drug-likeness (QED) is 0.576. The van der Waals surface area contributed by atoms with Gasteiger partial charge in [0, 0.05) is 22.3 Å². The minimum Gasteiger partial charge on any atom is -0.325 e. The lowest BCUT2D eigenvalue weighted by Gasteiger charge is -2.14. The van der Waals surface area contributed by atoms with E-state index in [2.05, 4.69) is 53.0 Å². The standard InChI is InChI=1S/C20H21ClN4OS/c1-13(2)25-19(15-6-4-5-14(3)11-15)23-24-20(25)27-12-18(26)22-17-9-7-16(21)8-10-17/h4-11,13H,12H2,1-3H3,(H,22,26). The van der Waals surface area contributed by atoms with Gasteiger partial charge in [0.2, 0.25) is 5.91 Å². The highest BCUT2D eigenvalue weighted by Crippen LogP contribution is 2.28. The molecule has 0 unspecified atom stereocenters. The maximum atomic E-state index is 12.3. The van der Waals surface area contributed by atoms with Gasteiger partial charge in [-0.3, -0.25) is 9.36 Å². The van der Waals surface area contributed by atoms with Crippen LogP contribution in [0.25, 0.3) is 11.4 Å². The number of aryl methyl sites for hydroxylation is 1. The van der Waals surface area contributed by atoms with Crippen molar-refractivity contribution in [3.63, 3.8) is 0 Å². The van der Waals surface area contributed by atoms with Gasteiger partial charge < -0.3 is 5.32 Å². The Balaban J connectivity index is 1.73. The predicted octanol–water partition coefficient (Wildman–Crippen LogP) is 5.22. The number of hydrogen-bond acceptors (Lipinski definition) is 4. The molecule has 3 rings (SSSR count). The maximum Gasteiger partial charge on any atom is 0.234 e. The molecule has 1 heterocycles. The van der Waals surface area contributed by atoms with Gasteiger partial charge in [-0.25, -0.2) is 0 Å². The van der Waals surface area contributed by atoms with E-state index in [1.807, 2.05) is 12.1 Å². The maximum absolute atomic E-state index is 12.3. The highest BCUT2D eigenvalue weighted by Gasteiger charge is 2.18. The fourth-order valence-corrected chi connectivity index (χ4v) is 3.68. The molecule has 0 fully saturated rings. The number of thioether (sulfide) groups is 1. The SMILES string of the molecule is Cc1cccc(-c2nnc(SCC(=O)Nc3ccc(Cl)cc3)n2C(C)C)c1. The topological polar surface area (TPSA) is 59.8 Å². The Kier molecular flexibility index (Phi) is 6.19. The van der Waals surface area contributed by atoms with Crippen molar-refractivity contribution in [3.05, 3.63) is 59.1 Å². The third kappa shape index (κ3) is 4.90. The first-order valence-electron chi connectivity index (χ1n) is 8.64. The molecule has 0 aliphatic carbocycles. The summed E-state index contributed by atoms with van der Waals surface area (Å²) < 4.78 is 2.06. The van der Waals surface area contributed by atoms with Crippen molar-refractivity contribution in [3.8, 4) is 11.4 Å². The van der Waals surface area contributed by atoms with E-state index in [1.165, 1.54) is 17.3 Å². The van der Waals surface area contributed by atoms with E-state index < -0.39 is 0 Å². The molecule has 27 heavy (non-hydrogen) atoms. The smallest absolute Gasteiger partial charge is 0.234 e. The number of carbonyl (C=O) groups is 1. The van der Waals surface area contributed by atoms with Crippen LogP contribution in [-0.2, 0) is 4.79 Å². The predicted molar refractivity (Wildman–Crippen MR) is 111 cm³/mol. The number of amides is 1. The second-order valence-electron chi connectivity index (χ2n) is 6.48. The molecule has 0 radical (unpaired) electrons. The summed E-state index contributed by atoms with van der Waals surface area (Å²) in [5.41, 5.74) is 2.91. The number of halogens is 1. The van der Waals surface area contributed by atoms with Crippen LogP contribution in [0.5, 0.6) is 0 Å². The van der Waals surface area contributed by atoms with Crippen molar-refractivity contribution < 1.29 is 4.79 Å². The van der Waals surface area contributed by atoms with Gasteiger partial charge in [0.15, 0.2) is 11.0 Å². The molecule has 0 spiro atoms. The molecular weight excluding hydrogens is 380 g/mol. The van der Waals surface area contributed by atoms with Crippen LogP contribution >= 0.6 is 23.4 Å². The van der Waals surface area contributed by atoms with Crippen LogP contribution in [0.2, 0.25) is 5.02 Å². The molecule has 1 N–H and O–H groups in total. The van der Waals surface area contributed by atoms with Gasteiger partial charge in [-0.15, -0.1) is 10.2 Å². The van der Waals surface area contributed by atoms with Crippen LogP contribution in [0, 0.1) is 6.92 Å². The van der Waals surface area contributed by atoms with Gasteiger partial charge in [0.05, 0.1) is 5.75 Å². The Bertz CT molecular complexity index is 937. The van der Waals surface area contributed by atoms with Gasteiger partial charge in [-0.2, -0.15) is 0 Å². The molecule has 0 atom stereocenters. The number of aromatic nitrogens is 3. The van der Waals surface area contributed by atoms with Crippen LogP contribution < -0.4 is 5.32 Å². The highest BCUT2D eigenvalue weighted by molar-refractivity contribution is 7.99. The molecule has 0 aliphatic heterocycles. The number of hydrogen-bond donors (Lipinski definition) is 1. The zero-order valence-corrected chi connectivity index (χ0v) is 17.0. The van der Waals surface area contributed by atoms with Gasteiger partial charge in [0.25, 0.3) is 0 Å². The van der Waals surface area contributed by atoms with E-state index in [0.717, 1.165) is 22.2 Å². The molecule has 0 saturated carbocycles. The van der Waals surface area contributed by atoms with Gasteiger partial charge in [0.1, 0.15) is 0 Å². The normalized spacial score (nSPS) is 11.0. The summed E-state index contributed by atoms with van der Waals surface area (Å²) in [6.45, 7) is 6.22. The first-order chi connectivity index (χ1) is 12.9. The fraction of sp³-hybridized carbons (Fsp3) is 0.250. The Hall–Kier alpha value is -2.31. The van der Waals surface area contributed by atoms with Gasteiger partial charge in [-0.1, -0.05) is 47.1 Å². The van der Waals surface area contributed by atoms with Crippen LogP contribution in [0.3, 0.4) is 0 Å². The van der Waals surface area contributed by atoms with Crippen LogP contribution in [0.4, 0.5) is 5.69 Å². The van der Waals surface area contributed by atoms with Crippen molar-refractivity contribution in [2.45, 2.75) is 32.0 Å². The summed E-state index contributed by atoms with van der Waals surface area (Å²) in [6.07, 6.45) is 0. The number of carbonyl (C=O) groups excluding carboxylic acids is 1. The second kappa shape index (κ2) is 8.59. The van der Waals surface area contributed by atoms with E-state index in [0.29, 0.717) is 5.02 Å². The number of benzene rings is 2. The lowest BCUT2D eigenvalue weighted by atomic mass is 10.1. The number of rotatable bonds is 6. The van der Waals surface area contributed by atoms with Crippen molar-refractivity contribution >= 4 is 35.0 Å². The number of nitrogens with zero attached hydrogens (tertiary/aromatic N) is 3. The second-order valence-corrected chi connectivity index (χ2v) is 7.86. The molecule has 0 saturated heterocycles. The van der Waals surface area contributed by atoms with E-state index in [1.54, 1.807) is 24.3 Å². The summed E-state index contributed by atoms with van der Waals surface area (Å²) in [5.74, 6) is 0.966. The Morgan fingerprint density at radius 2 is 1.93 bits per heavy atom. The van der Waals surface area contributed by atoms with Crippen molar-refractivity contribution in [2.24, 2.45) is 0 Å². The first-order valence-corrected chi connectivity index (χ1v) is 10.0. The Labute approximate surface area is 168 Å². The highest BCUT2D eigenvalue weighted by atomic mass is 35.5.